The first kappa shape index (κ1) is 13.1. The largest absolute Gasteiger partial charge is 0.393 e. The van der Waals surface area contributed by atoms with E-state index in [1.165, 1.54) is 0 Å². The van der Waals surface area contributed by atoms with Crippen molar-refractivity contribution in [2.24, 2.45) is 11.7 Å². The molecule has 0 aromatic heterocycles. The predicted molar refractivity (Wildman–Crippen MR) is 70.0 cm³/mol. The Balaban J connectivity index is 2.01. The number of nitrogens with two attached hydrogens (primary N) is 1. The molecule has 1 fully saturated rings. The molecule has 1 aromatic carbocycles. The lowest BCUT2D eigenvalue weighted by Gasteiger charge is -2.34. The second-order valence-corrected chi connectivity index (χ2v) is 5.13. The van der Waals surface area contributed by atoms with E-state index in [1.807, 2.05) is 18.2 Å². The van der Waals surface area contributed by atoms with Gasteiger partial charge >= 0.3 is 0 Å². The second-order valence-electron chi connectivity index (χ2n) is 5.13. The Morgan fingerprint density at radius 2 is 2.33 bits per heavy atom. The first-order valence-corrected chi connectivity index (χ1v) is 6.35. The third-order valence-electron chi connectivity index (χ3n) is 3.56. The molecule has 0 aliphatic carbocycles. The molecule has 1 saturated heterocycles. The van der Waals surface area contributed by atoms with Crippen LogP contribution in [0.15, 0.2) is 24.3 Å². The number of aliphatic hydroxyl groups excluding tert-OH is 1. The number of benzene rings is 1. The maximum Gasteiger partial charge on any atom is 0.248 e. The van der Waals surface area contributed by atoms with E-state index in [0.29, 0.717) is 11.5 Å². The SMILES string of the molecule is CC1CN(Cc2cccc(C(N)=O)c2)CCC1O. The molecule has 0 saturated carbocycles. The Labute approximate surface area is 107 Å². The van der Waals surface area contributed by atoms with Crippen molar-refractivity contribution in [2.75, 3.05) is 13.1 Å². The van der Waals surface area contributed by atoms with Gasteiger partial charge in [-0.05, 0) is 30.0 Å². The van der Waals surface area contributed by atoms with Gasteiger partial charge in [0.2, 0.25) is 5.91 Å². The van der Waals surface area contributed by atoms with Gasteiger partial charge in [-0.1, -0.05) is 19.1 Å². The number of nitrogens with zero attached hydrogens (tertiary/aromatic N) is 1. The van der Waals surface area contributed by atoms with Crippen molar-refractivity contribution in [3.05, 3.63) is 35.4 Å². The van der Waals surface area contributed by atoms with Gasteiger partial charge in [-0.3, -0.25) is 9.69 Å². The molecule has 3 N–H and O–H groups in total. The van der Waals surface area contributed by atoms with Crippen LogP contribution in [0, 0.1) is 5.92 Å². The van der Waals surface area contributed by atoms with E-state index in [4.69, 9.17) is 5.73 Å². The van der Waals surface area contributed by atoms with E-state index in [9.17, 15) is 9.90 Å². The maximum absolute atomic E-state index is 11.1. The number of likely N-dealkylation sites (tertiary alicyclic amines) is 1. The lowest BCUT2D eigenvalue weighted by atomic mass is 9.96. The molecular formula is C14H20N2O2. The highest BCUT2D eigenvalue weighted by molar-refractivity contribution is 5.92. The van der Waals surface area contributed by atoms with Crippen molar-refractivity contribution in [2.45, 2.75) is 26.0 Å². The number of aliphatic hydroxyl groups is 1. The lowest BCUT2D eigenvalue weighted by Crippen LogP contribution is -2.41. The molecular weight excluding hydrogens is 228 g/mol. The van der Waals surface area contributed by atoms with Crippen LogP contribution in [0.25, 0.3) is 0 Å². The molecule has 0 radical (unpaired) electrons. The number of primary amides is 1. The third kappa shape index (κ3) is 3.09. The Morgan fingerprint density at radius 3 is 3.00 bits per heavy atom. The van der Waals surface area contributed by atoms with Gasteiger partial charge in [0.1, 0.15) is 0 Å². The van der Waals surface area contributed by atoms with Crippen LogP contribution in [0.2, 0.25) is 0 Å². The summed E-state index contributed by atoms with van der Waals surface area (Å²) < 4.78 is 0. The van der Waals surface area contributed by atoms with Crippen LogP contribution < -0.4 is 5.73 Å². The minimum atomic E-state index is -0.390. The topological polar surface area (TPSA) is 66.6 Å². The summed E-state index contributed by atoms with van der Waals surface area (Å²) in [6, 6.07) is 7.44. The summed E-state index contributed by atoms with van der Waals surface area (Å²) in [6.07, 6.45) is 0.634. The zero-order valence-corrected chi connectivity index (χ0v) is 10.7. The molecule has 2 unspecified atom stereocenters. The molecule has 0 spiro atoms. The monoisotopic (exact) mass is 248 g/mol. The van der Waals surface area contributed by atoms with Crippen LogP contribution in [0.4, 0.5) is 0 Å². The highest BCUT2D eigenvalue weighted by atomic mass is 16.3. The van der Waals surface area contributed by atoms with Gasteiger partial charge < -0.3 is 10.8 Å². The van der Waals surface area contributed by atoms with Gasteiger partial charge in [-0.25, -0.2) is 0 Å². The average molecular weight is 248 g/mol. The van der Waals surface area contributed by atoms with Crippen molar-refractivity contribution >= 4 is 5.91 Å². The van der Waals surface area contributed by atoms with Gasteiger partial charge in [0, 0.05) is 25.2 Å². The van der Waals surface area contributed by atoms with Crippen molar-refractivity contribution in [1.29, 1.82) is 0 Å². The molecule has 2 rings (SSSR count). The number of carbonyl (C=O) groups excluding carboxylic acids is 1. The quantitative estimate of drug-likeness (QED) is 0.838. The number of amides is 1. The van der Waals surface area contributed by atoms with Crippen LogP contribution in [-0.2, 0) is 6.54 Å². The zero-order valence-electron chi connectivity index (χ0n) is 10.7. The van der Waals surface area contributed by atoms with Gasteiger partial charge in [0.25, 0.3) is 0 Å². The fourth-order valence-corrected chi connectivity index (χ4v) is 2.44. The number of hydrogen-bond acceptors (Lipinski definition) is 3. The summed E-state index contributed by atoms with van der Waals surface area (Å²) >= 11 is 0. The summed E-state index contributed by atoms with van der Waals surface area (Å²) in [6.45, 7) is 4.66. The molecule has 2 atom stereocenters. The molecule has 0 bridgehead atoms. The van der Waals surface area contributed by atoms with Crippen molar-refractivity contribution < 1.29 is 9.90 Å². The van der Waals surface area contributed by atoms with Crippen molar-refractivity contribution in [3.63, 3.8) is 0 Å². The first-order chi connectivity index (χ1) is 8.56. The molecule has 1 aliphatic heterocycles. The fourth-order valence-electron chi connectivity index (χ4n) is 2.44. The maximum atomic E-state index is 11.1. The molecule has 98 valence electrons. The van der Waals surface area contributed by atoms with E-state index in [0.717, 1.165) is 31.6 Å². The summed E-state index contributed by atoms with van der Waals surface area (Å²) in [5, 5.41) is 9.69. The second kappa shape index (κ2) is 5.50. The number of hydrogen-bond donors (Lipinski definition) is 2. The van der Waals surface area contributed by atoms with E-state index >= 15 is 0 Å². The highest BCUT2D eigenvalue weighted by Crippen LogP contribution is 2.18. The zero-order chi connectivity index (χ0) is 13.1. The fraction of sp³-hybridized carbons (Fsp3) is 0.500. The highest BCUT2D eigenvalue weighted by Gasteiger charge is 2.23. The standard InChI is InChI=1S/C14H20N2O2/c1-10-8-16(6-5-13(10)17)9-11-3-2-4-12(7-11)14(15)18/h2-4,7,10,13,17H,5-6,8-9H2,1H3,(H2,15,18). The minimum absolute atomic E-state index is 0.182. The smallest absolute Gasteiger partial charge is 0.248 e. The van der Waals surface area contributed by atoms with Gasteiger partial charge in [-0.15, -0.1) is 0 Å². The third-order valence-corrected chi connectivity index (χ3v) is 3.56. The van der Waals surface area contributed by atoms with Gasteiger partial charge in [0.05, 0.1) is 6.10 Å². The molecule has 1 amide bonds. The molecule has 1 heterocycles. The molecule has 18 heavy (non-hydrogen) atoms. The van der Waals surface area contributed by atoms with E-state index < -0.39 is 0 Å². The summed E-state index contributed by atoms with van der Waals surface area (Å²) in [5.41, 5.74) is 6.92. The predicted octanol–water partition coefficient (Wildman–Crippen LogP) is 0.988. The van der Waals surface area contributed by atoms with Crippen LogP contribution >= 0.6 is 0 Å². The van der Waals surface area contributed by atoms with E-state index in [1.54, 1.807) is 6.07 Å². The van der Waals surface area contributed by atoms with Gasteiger partial charge in [-0.2, -0.15) is 0 Å². The number of rotatable bonds is 3. The van der Waals surface area contributed by atoms with E-state index in [-0.39, 0.29) is 12.0 Å². The van der Waals surface area contributed by atoms with E-state index in [2.05, 4.69) is 11.8 Å². The molecule has 1 aromatic rings. The lowest BCUT2D eigenvalue weighted by molar-refractivity contribution is 0.0320. The summed E-state index contributed by atoms with van der Waals surface area (Å²) in [4.78, 5) is 13.4. The van der Waals surface area contributed by atoms with Crippen LogP contribution in [0.1, 0.15) is 29.3 Å². The summed E-state index contributed by atoms with van der Waals surface area (Å²) in [7, 11) is 0. The molecule has 4 nitrogen and oxygen atoms in total. The first-order valence-electron chi connectivity index (χ1n) is 6.35. The number of carbonyl (C=O) groups is 1. The Bertz CT molecular complexity index is 434. The minimum Gasteiger partial charge on any atom is -0.393 e. The van der Waals surface area contributed by atoms with Crippen molar-refractivity contribution in [1.82, 2.24) is 4.90 Å². The summed E-state index contributed by atoms with van der Waals surface area (Å²) in [5.74, 6) is -0.0858. The average Bonchev–Trinajstić information content (AvgIpc) is 2.34. The normalized spacial score (nSPS) is 25.0. The Kier molecular flexibility index (Phi) is 3.99. The Morgan fingerprint density at radius 1 is 1.56 bits per heavy atom. The van der Waals surface area contributed by atoms with Crippen molar-refractivity contribution in [3.8, 4) is 0 Å². The molecule has 1 aliphatic rings. The van der Waals surface area contributed by atoms with Crippen LogP contribution in [0.3, 0.4) is 0 Å². The Hall–Kier alpha value is -1.39. The number of piperidine rings is 1. The van der Waals surface area contributed by atoms with Crippen LogP contribution in [-0.4, -0.2) is 35.1 Å². The van der Waals surface area contributed by atoms with Gasteiger partial charge in [0.15, 0.2) is 0 Å². The molecule has 4 heteroatoms. The van der Waals surface area contributed by atoms with Crippen LogP contribution in [0.5, 0.6) is 0 Å².